The monoisotopic (exact) mass is 226 g/mol. The summed E-state index contributed by atoms with van der Waals surface area (Å²) in [6.45, 7) is 8.91. The van der Waals surface area contributed by atoms with Gasteiger partial charge in [0.25, 0.3) is 0 Å². The topological polar surface area (TPSA) is 38.5 Å². The maximum atomic E-state index is 6.15. The summed E-state index contributed by atoms with van der Waals surface area (Å²) in [5.74, 6) is 1.44. The van der Waals surface area contributed by atoms with Crippen molar-refractivity contribution in [1.29, 1.82) is 0 Å². The molecule has 16 heavy (non-hydrogen) atoms. The average Bonchev–Trinajstić information content (AvgIpc) is 2.82. The Morgan fingerprint density at radius 3 is 2.88 bits per heavy atom. The lowest BCUT2D eigenvalue weighted by atomic mass is 9.88. The van der Waals surface area contributed by atoms with Crippen LogP contribution >= 0.6 is 0 Å². The fraction of sp³-hybridized carbons (Fsp3) is 1.00. The largest absolute Gasteiger partial charge is 0.381 e. The third-order valence-electron chi connectivity index (χ3n) is 4.57. The van der Waals surface area contributed by atoms with Gasteiger partial charge < -0.3 is 10.5 Å². The van der Waals surface area contributed by atoms with Crippen LogP contribution in [-0.2, 0) is 4.74 Å². The summed E-state index contributed by atoms with van der Waals surface area (Å²) in [6.07, 6.45) is 3.61. The zero-order chi connectivity index (χ0) is 11.5. The predicted octanol–water partition coefficient (Wildman–Crippen LogP) is 1.47. The maximum absolute atomic E-state index is 6.15. The number of ether oxygens (including phenoxy) is 1. The van der Waals surface area contributed by atoms with Gasteiger partial charge in [0.05, 0.1) is 6.61 Å². The van der Waals surface area contributed by atoms with Crippen molar-refractivity contribution in [3.63, 3.8) is 0 Å². The van der Waals surface area contributed by atoms with E-state index in [2.05, 4.69) is 18.7 Å². The number of piperidine rings is 1. The molecule has 2 saturated heterocycles. The van der Waals surface area contributed by atoms with Crippen molar-refractivity contribution in [3.05, 3.63) is 0 Å². The molecular formula is C13H26N2O. The first-order valence-electron chi connectivity index (χ1n) is 6.79. The average molecular weight is 226 g/mol. The highest BCUT2D eigenvalue weighted by molar-refractivity contribution is 4.87. The highest BCUT2D eigenvalue weighted by Gasteiger charge is 2.32. The zero-order valence-electron chi connectivity index (χ0n) is 10.7. The molecule has 0 bridgehead atoms. The van der Waals surface area contributed by atoms with Crippen molar-refractivity contribution >= 4 is 0 Å². The van der Waals surface area contributed by atoms with Gasteiger partial charge in [0, 0.05) is 25.2 Å². The summed E-state index contributed by atoms with van der Waals surface area (Å²) in [5, 5.41) is 0. The highest BCUT2D eigenvalue weighted by atomic mass is 16.5. The molecule has 0 saturated carbocycles. The molecule has 0 radical (unpaired) electrons. The van der Waals surface area contributed by atoms with Gasteiger partial charge in [-0.25, -0.2) is 0 Å². The standard InChI is InChI=1S/C13H26N2O/c1-3-11-8-15(6-4-13(11)14)10(2)12-5-7-16-9-12/h10-13H,3-9,14H2,1-2H3. The SMILES string of the molecule is CCC1CN(C(C)C2CCOC2)CCC1N. The summed E-state index contributed by atoms with van der Waals surface area (Å²) in [4.78, 5) is 2.64. The van der Waals surface area contributed by atoms with Crippen molar-refractivity contribution in [3.8, 4) is 0 Å². The molecule has 2 aliphatic rings. The van der Waals surface area contributed by atoms with Gasteiger partial charge in [-0.2, -0.15) is 0 Å². The Kier molecular flexibility index (Phi) is 4.22. The van der Waals surface area contributed by atoms with Crippen molar-refractivity contribution in [2.45, 2.75) is 45.2 Å². The quantitative estimate of drug-likeness (QED) is 0.792. The normalized spacial score (nSPS) is 38.8. The van der Waals surface area contributed by atoms with E-state index in [0.29, 0.717) is 18.0 Å². The van der Waals surface area contributed by atoms with Crippen LogP contribution in [0.25, 0.3) is 0 Å². The molecule has 0 amide bonds. The van der Waals surface area contributed by atoms with Crippen LogP contribution in [0.2, 0.25) is 0 Å². The Hall–Kier alpha value is -0.120. The third-order valence-corrected chi connectivity index (χ3v) is 4.57. The molecule has 0 aromatic heterocycles. The van der Waals surface area contributed by atoms with Gasteiger partial charge in [-0.1, -0.05) is 13.3 Å². The van der Waals surface area contributed by atoms with Gasteiger partial charge in [-0.15, -0.1) is 0 Å². The first-order valence-corrected chi connectivity index (χ1v) is 6.79. The second-order valence-electron chi connectivity index (χ2n) is 5.48. The minimum absolute atomic E-state index is 0.424. The summed E-state index contributed by atoms with van der Waals surface area (Å²) in [5.41, 5.74) is 6.15. The molecular weight excluding hydrogens is 200 g/mol. The first kappa shape index (κ1) is 12.3. The summed E-state index contributed by atoms with van der Waals surface area (Å²) >= 11 is 0. The molecule has 2 aliphatic heterocycles. The Morgan fingerprint density at radius 2 is 2.25 bits per heavy atom. The Morgan fingerprint density at radius 1 is 1.44 bits per heavy atom. The van der Waals surface area contributed by atoms with Crippen LogP contribution in [0.5, 0.6) is 0 Å². The van der Waals surface area contributed by atoms with Crippen LogP contribution in [0.15, 0.2) is 0 Å². The van der Waals surface area contributed by atoms with Crippen LogP contribution < -0.4 is 5.73 Å². The molecule has 2 N–H and O–H groups in total. The van der Waals surface area contributed by atoms with Gasteiger partial charge >= 0.3 is 0 Å². The molecule has 0 aliphatic carbocycles. The predicted molar refractivity (Wildman–Crippen MR) is 66.3 cm³/mol. The van der Waals surface area contributed by atoms with E-state index in [4.69, 9.17) is 10.5 Å². The molecule has 0 aromatic carbocycles. The number of rotatable bonds is 3. The smallest absolute Gasteiger partial charge is 0.0509 e. The van der Waals surface area contributed by atoms with E-state index in [1.807, 2.05) is 0 Å². The minimum Gasteiger partial charge on any atom is -0.381 e. The van der Waals surface area contributed by atoms with Crippen molar-refractivity contribution in [1.82, 2.24) is 4.90 Å². The fourth-order valence-corrected chi connectivity index (χ4v) is 3.11. The van der Waals surface area contributed by atoms with Gasteiger partial charge in [0.15, 0.2) is 0 Å². The maximum Gasteiger partial charge on any atom is 0.0509 e. The van der Waals surface area contributed by atoms with Crippen molar-refractivity contribution < 1.29 is 4.74 Å². The molecule has 4 unspecified atom stereocenters. The van der Waals surface area contributed by atoms with E-state index in [9.17, 15) is 0 Å². The number of hydrogen-bond acceptors (Lipinski definition) is 3. The molecule has 0 spiro atoms. The van der Waals surface area contributed by atoms with Crippen LogP contribution in [0.4, 0.5) is 0 Å². The number of nitrogens with two attached hydrogens (primary N) is 1. The van der Waals surface area contributed by atoms with Crippen LogP contribution in [0.3, 0.4) is 0 Å². The van der Waals surface area contributed by atoms with Crippen molar-refractivity contribution in [2.75, 3.05) is 26.3 Å². The summed E-state index contributed by atoms with van der Waals surface area (Å²) in [7, 11) is 0. The van der Waals surface area contributed by atoms with Gasteiger partial charge in [0.2, 0.25) is 0 Å². The number of hydrogen-bond donors (Lipinski definition) is 1. The third kappa shape index (κ3) is 2.58. The lowest BCUT2D eigenvalue weighted by Gasteiger charge is -2.41. The molecule has 2 rings (SSSR count). The summed E-state index contributed by atoms with van der Waals surface area (Å²) < 4.78 is 5.49. The van der Waals surface area contributed by atoms with E-state index >= 15 is 0 Å². The zero-order valence-corrected chi connectivity index (χ0v) is 10.7. The van der Waals surface area contributed by atoms with E-state index in [1.165, 1.54) is 25.9 Å². The van der Waals surface area contributed by atoms with Gasteiger partial charge in [0.1, 0.15) is 0 Å². The Balaban J connectivity index is 1.89. The number of nitrogens with zero attached hydrogens (tertiary/aromatic N) is 1. The van der Waals surface area contributed by atoms with E-state index in [-0.39, 0.29) is 0 Å². The summed E-state index contributed by atoms with van der Waals surface area (Å²) in [6, 6.07) is 1.09. The van der Waals surface area contributed by atoms with E-state index in [0.717, 1.165) is 25.6 Å². The number of likely N-dealkylation sites (tertiary alicyclic amines) is 1. The highest BCUT2D eigenvalue weighted by Crippen LogP contribution is 2.26. The minimum atomic E-state index is 0.424. The van der Waals surface area contributed by atoms with Crippen LogP contribution in [-0.4, -0.2) is 43.3 Å². The lowest BCUT2D eigenvalue weighted by molar-refractivity contribution is 0.0764. The van der Waals surface area contributed by atoms with Gasteiger partial charge in [-0.3, -0.25) is 4.90 Å². The first-order chi connectivity index (χ1) is 7.72. The molecule has 94 valence electrons. The second-order valence-corrected chi connectivity index (χ2v) is 5.48. The molecule has 4 atom stereocenters. The Bertz CT molecular complexity index is 216. The molecule has 2 fully saturated rings. The molecule has 3 heteroatoms. The van der Waals surface area contributed by atoms with Crippen LogP contribution in [0.1, 0.15) is 33.1 Å². The molecule has 0 aromatic rings. The lowest BCUT2D eigenvalue weighted by Crippen LogP contribution is -2.51. The van der Waals surface area contributed by atoms with Crippen LogP contribution in [0, 0.1) is 11.8 Å². The molecule has 2 heterocycles. The Labute approximate surface area is 99.3 Å². The fourth-order valence-electron chi connectivity index (χ4n) is 3.11. The second kappa shape index (κ2) is 5.48. The van der Waals surface area contributed by atoms with E-state index in [1.54, 1.807) is 0 Å². The van der Waals surface area contributed by atoms with Gasteiger partial charge in [-0.05, 0) is 38.1 Å². The van der Waals surface area contributed by atoms with E-state index < -0.39 is 0 Å². The van der Waals surface area contributed by atoms with Crippen molar-refractivity contribution in [2.24, 2.45) is 17.6 Å². The molecule has 3 nitrogen and oxygen atoms in total.